The highest BCUT2D eigenvalue weighted by Crippen LogP contribution is 2.36. The smallest absolute Gasteiger partial charge is 0.317 e. The first-order valence-corrected chi connectivity index (χ1v) is 5.88. The van der Waals surface area contributed by atoms with E-state index in [9.17, 15) is 13.2 Å². The quantitative estimate of drug-likeness (QED) is 0.633. The third-order valence-corrected chi connectivity index (χ3v) is 2.74. The molecule has 5 heteroatoms. The van der Waals surface area contributed by atoms with E-state index in [1.165, 1.54) is 12.1 Å². The van der Waals surface area contributed by atoms with Crippen LogP contribution in [0.15, 0.2) is 29.2 Å². The molecule has 0 aliphatic heterocycles. The van der Waals surface area contributed by atoms with E-state index in [4.69, 9.17) is 0 Å². The molecule has 1 N–H and O–H groups in total. The summed E-state index contributed by atoms with van der Waals surface area (Å²) < 4.78 is 36.1. The zero-order valence-corrected chi connectivity index (χ0v) is 9.79. The maximum absolute atomic E-state index is 12.0. The predicted molar refractivity (Wildman–Crippen MR) is 60.6 cm³/mol. The predicted octanol–water partition coefficient (Wildman–Crippen LogP) is 3.45. The van der Waals surface area contributed by atoms with E-state index in [-0.39, 0.29) is 16.7 Å². The maximum atomic E-state index is 12.0. The van der Waals surface area contributed by atoms with Gasteiger partial charge in [0.25, 0.3) is 0 Å². The summed E-state index contributed by atoms with van der Waals surface area (Å²) in [5.41, 5.74) is -3.15. The summed E-state index contributed by atoms with van der Waals surface area (Å²) in [5, 5.41) is 3.16. The average Bonchev–Trinajstić information content (AvgIpc) is 2.19. The molecule has 0 saturated heterocycles. The molecule has 1 rings (SSSR count). The molecule has 0 bridgehead atoms. The first-order chi connectivity index (χ1) is 7.51. The number of benzene rings is 1. The molecule has 0 radical (unpaired) electrons. The standard InChI is InChI=1S/C11H14F3NS/c1-2-15-8-7-9-3-5-10(6-4-9)16-11(12,13)14/h3-6,15H,2,7-8H2,1H3. The van der Waals surface area contributed by atoms with Crippen molar-refractivity contribution < 1.29 is 13.2 Å². The van der Waals surface area contributed by atoms with Crippen molar-refractivity contribution in [2.45, 2.75) is 23.7 Å². The molecule has 0 aliphatic carbocycles. The molecule has 90 valence electrons. The van der Waals surface area contributed by atoms with Gasteiger partial charge >= 0.3 is 5.51 Å². The Kier molecular flexibility index (Phi) is 5.15. The number of thioether (sulfide) groups is 1. The Hall–Kier alpha value is -0.680. The molecular formula is C11H14F3NS. The minimum atomic E-state index is -4.20. The molecule has 0 amide bonds. The van der Waals surface area contributed by atoms with Crippen molar-refractivity contribution >= 4 is 11.8 Å². The van der Waals surface area contributed by atoms with Crippen molar-refractivity contribution in [2.75, 3.05) is 13.1 Å². The minimum Gasteiger partial charge on any atom is -0.317 e. The van der Waals surface area contributed by atoms with Crippen molar-refractivity contribution in [1.29, 1.82) is 0 Å². The number of halogens is 3. The summed E-state index contributed by atoms with van der Waals surface area (Å²) in [6.45, 7) is 3.77. The van der Waals surface area contributed by atoms with Gasteiger partial charge in [-0.2, -0.15) is 13.2 Å². The Morgan fingerprint density at radius 2 is 1.81 bits per heavy atom. The zero-order chi connectivity index (χ0) is 12.0. The first kappa shape index (κ1) is 13.4. The fraction of sp³-hybridized carbons (Fsp3) is 0.455. The van der Waals surface area contributed by atoms with E-state index in [2.05, 4.69) is 5.32 Å². The van der Waals surface area contributed by atoms with Crippen molar-refractivity contribution in [3.63, 3.8) is 0 Å². The molecule has 0 aromatic heterocycles. The maximum Gasteiger partial charge on any atom is 0.446 e. The van der Waals surface area contributed by atoms with Crippen LogP contribution in [0.3, 0.4) is 0 Å². The summed E-state index contributed by atoms with van der Waals surface area (Å²) in [4.78, 5) is 0.236. The first-order valence-electron chi connectivity index (χ1n) is 5.06. The molecule has 0 unspecified atom stereocenters. The normalized spacial score (nSPS) is 11.8. The van der Waals surface area contributed by atoms with E-state index in [0.29, 0.717) is 0 Å². The lowest BCUT2D eigenvalue weighted by Gasteiger charge is -2.06. The fourth-order valence-corrected chi connectivity index (χ4v) is 1.81. The lowest BCUT2D eigenvalue weighted by Crippen LogP contribution is -2.15. The van der Waals surface area contributed by atoms with Gasteiger partial charge < -0.3 is 5.32 Å². The van der Waals surface area contributed by atoms with E-state index >= 15 is 0 Å². The highest BCUT2D eigenvalue weighted by Gasteiger charge is 2.28. The Morgan fingerprint density at radius 3 is 2.31 bits per heavy atom. The van der Waals surface area contributed by atoms with Gasteiger partial charge in [-0.3, -0.25) is 0 Å². The van der Waals surface area contributed by atoms with Gasteiger partial charge in [-0.1, -0.05) is 19.1 Å². The van der Waals surface area contributed by atoms with Crippen LogP contribution in [0, 0.1) is 0 Å². The number of hydrogen-bond acceptors (Lipinski definition) is 2. The molecule has 0 heterocycles. The van der Waals surface area contributed by atoms with Crippen LogP contribution in [0.2, 0.25) is 0 Å². The highest BCUT2D eigenvalue weighted by atomic mass is 32.2. The number of rotatable bonds is 5. The van der Waals surface area contributed by atoms with Crippen molar-refractivity contribution in [3.05, 3.63) is 29.8 Å². The molecule has 1 nitrogen and oxygen atoms in total. The molecule has 16 heavy (non-hydrogen) atoms. The topological polar surface area (TPSA) is 12.0 Å². The summed E-state index contributed by atoms with van der Waals surface area (Å²) in [6.07, 6.45) is 0.838. The number of likely N-dealkylation sites (N-methyl/N-ethyl adjacent to an activating group) is 1. The van der Waals surface area contributed by atoms with Gasteiger partial charge in [0.2, 0.25) is 0 Å². The highest BCUT2D eigenvalue weighted by molar-refractivity contribution is 8.00. The summed E-state index contributed by atoms with van der Waals surface area (Å²) in [5.74, 6) is 0. The molecular weight excluding hydrogens is 235 g/mol. The second-order valence-electron chi connectivity index (χ2n) is 3.30. The monoisotopic (exact) mass is 249 g/mol. The largest absolute Gasteiger partial charge is 0.446 e. The molecule has 0 fully saturated rings. The van der Waals surface area contributed by atoms with Crippen LogP contribution in [-0.2, 0) is 6.42 Å². The van der Waals surface area contributed by atoms with Gasteiger partial charge in [-0.05, 0) is 49.0 Å². The molecule has 0 saturated carbocycles. The van der Waals surface area contributed by atoms with E-state index in [1.54, 1.807) is 12.1 Å². The SMILES string of the molecule is CCNCCc1ccc(SC(F)(F)F)cc1. The van der Waals surface area contributed by atoms with Crippen LogP contribution in [0.5, 0.6) is 0 Å². The van der Waals surface area contributed by atoms with Gasteiger partial charge in [-0.15, -0.1) is 0 Å². The van der Waals surface area contributed by atoms with Crippen LogP contribution in [0.4, 0.5) is 13.2 Å². The zero-order valence-electron chi connectivity index (χ0n) is 8.97. The van der Waals surface area contributed by atoms with Crippen LogP contribution >= 0.6 is 11.8 Å². The van der Waals surface area contributed by atoms with Crippen molar-refractivity contribution in [3.8, 4) is 0 Å². The van der Waals surface area contributed by atoms with Crippen molar-refractivity contribution in [1.82, 2.24) is 5.32 Å². The molecule has 0 spiro atoms. The van der Waals surface area contributed by atoms with Crippen molar-refractivity contribution in [2.24, 2.45) is 0 Å². The van der Waals surface area contributed by atoms with Gasteiger partial charge in [0, 0.05) is 4.90 Å². The Morgan fingerprint density at radius 1 is 1.19 bits per heavy atom. The Balaban J connectivity index is 2.48. The van der Waals surface area contributed by atoms with E-state index in [0.717, 1.165) is 25.1 Å². The lowest BCUT2D eigenvalue weighted by atomic mass is 10.1. The van der Waals surface area contributed by atoms with Crippen LogP contribution < -0.4 is 5.32 Å². The van der Waals surface area contributed by atoms with E-state index < -0.39 is 5.51 Å². The second kappa shape index (κ2) is 6.15. The summed E-state index contributed by atoms with van der Waals surface area (Å²) >= 11 is -0.0778. The Bertz CT molecular complexity index is 308. The number of alkyl halides is 3. The third kappa shape index (κ3) is 5.42. The third-order valence-electron chi connectivity index (χ3n) is 2.00. The van der Waals surface area contributed by atoms with Crippen LogP contribution in [-0.4, -0.2) is 18.6 Å². The Labute approximate surface area is 97.4 Å². The average molecular weight is 249 g/mol. The second-order valence-corrected chi connectivity index (χ2v) is 4.43. The van der Waals surface area contributed by atoms with Gasteiger partial charge in [0.1, 0.15) is 0 Å². The fourth-order valence-electron chi connectivity index (χ4n) is 1.27. The van der Waals surface area contributed by atoms with Gasteiger partial charge in [0.05, 0.1) is 0 Å². The molecule has 1 aromatic rings. The lowest BCUT2D eigenvalue weighted by molar-refractivity contribution is -0.0328. The van der Waals surface area contributed by atoms with E-state index in [1.807, 2.05) is 6.92 Å². The molecule has 1 aromatic carbocycles. The summed E-state index contributed by atoms with van der Waals surface area (Å²) in [6, 6.07) is 6.51. The van der Waals surface area contributed by atoms with Crippen LogP contribution in [0.1, 0.15) is 12.5 Å². The van der Waals surface area contributed by atoms with Crippen LogP contribution in [0.25, 0.3) is 0 Å². The molecule has 0 atom stereocenters. The van der Waals surface area contributed by atoms with Gasteiger partial charge in [-0.25, -0.2) is 0 Å². The number of hydrogen-bond donors (Lipinski definition) is 1. The van der Waals surface area contributed by atoms with Gasteiger partial charge in [0.15, 0.2) is 0 Å². The molecule has 0 aliphatic rings. The number of nitrogens with one attached hydrogen (secondary N) is 1. The minimum absolute atomic E-state index is 0.0778. The summed E-state index contributed by atoms with van der Waals surface area (Å²) in [7, 11) is 0.